The van der Waals surface area contributed by atoms with Crippen molar-refractivity contribution in [1.82, 2.24) is 9.47 Å². The van der Waals surface area contributed by atoms with E-state index < -0.39 is 5.97 Å². The molecule has 23 heavy (non-hydrogen) atoms. The Bertz CT molecular complexity index is 685. The van der Waals surface area contributed by atoms with Crippen LogP contribution in [0.3, 0.4) is 0 Å². The van der Waals surface area contributed by atoms with E-state index in [0.717, 1.165) is 18.7 Å². The van der Waals surface area contributed by atoms with E-state index in [-0.39, 0.29) is 23.7 Å². The highest BCUT2D eigenvalue weighted by Gasteiger charge is 2.28. The third kappa shape index (κ3) is 3.21. The molecular formula is C17H22N2O4. The molecule has 0 bridgehead atoms. The van der Waals surface area contributed by atoms with Crippen LogP contribution in [0.4, 0.5) is 0 Å². The molecule has 6 nitrogen and oxygen atoms in total. The molecule has 0 unspecified atom stereocenters. The summed E-state index contributed by atoms with van der Waals surface area (Å²) in [5.74, 6) is -1.08. The van der Waals surface area contributed by atoms with Gasteiger partial charge in [-0.25, -0.2) is 4.79 Å². The minimum absolute atomic E-state index is 0.210. The summed E-state index contributed by atoms with van der Waals surface area (Å²) in [6.45, 7) is 4.23. The van der Waals surface area contributed by atoms with Gasteiger partial charge in [0.05, 0.1) is 17.9 Å². The molecule has 0 aliphatic carbocycles. The van der Waals surface area contributed by atoms with Crippen LogP contribution in [0.1, 0.15) is 47.7 Å². The number of allylic oxidation sites excluding steroid dienone is 2. The van der Waals surface area contributed by atoms with E-state index in [9.17, 15) is 14.4 Å². The number of hydrogen-bond acceptors (Lipinski definition) is 5. The van der Waals surface area contributed by atoms with Crippen LogP contribution in [-0.2, 0) is 16.6 Å². The van der Waals surface area contributed by atoms with E-state index in [1.54, 1.807) is 26.1 Å². The molecule has 0 aromatic carbocycles. The lowest BCUT2D eigenvalue weighted by atomic mass is 10.0. The second kappa shape index (κ2) is 6.81. The van der Waals surface area contributed by atoms with Crippen molar-refractivity contribution in [1.29, 1.82) is 0 Å². The molecule has 124 valence electrons. The summed E-state index contributed by atoms with van der Waals surface area (Å²) < 4.78 is 6.45. The van der Waals surface area contributed by atoms with E-state index in [0.29, 0.717) is 17.8 Å². The van der Waals surface area contributed by atoms with E-state index in [4.69, 9.17) is 4.74 Å². The number of hydrogen-bond donors (Lipinski definition) is 0. The summed E-state index contributed by atoms with van der Waals surface area (Å²) >= 11 is 0. The number of nitrogens with zero attached hydrogens (tertiary/aromatic N) is 2. The molecule has 1 saturated heterocycles. The van der Waals surface area contributed by atoms with Crippen molar-refractivity contribution < 1.29 is 19.1 Å². The second-order valence-corrected chi connectivity index (χ2v) is 5.62. The Balaban J connectivity index is 2.43. The highest BCUT2D eigenvalue weighted by Crippen LogP contribution is 2.26. The Labute approximate surface area is 135 Å². The standard InChI is InChI=1S/C17H22N2O4/c1-5-23-17(22)14-9-8-13(19(14)4)16(21)15(11(2)20)12-7-6-10-18(12)3/h8-9H,5-7,10H2,1-4H3. The van der Waals surface area contributed by atoms with E-state index >= 15 is 0 Å². The van der Waals surface area contributed by atoms with Gasteiger partial charge in [0.2, 0.25) is 5.78 Å². The summed E-state index contributed by atoms with van der Waals surface area (Å²) in [6, 6.07) is 3.11. The van der Waals surface area contributed by atoms with Crippen molar-refractivity contribution in [3.63, 3.8) is 0 Å². The predicted octanol–water partition coefficient (Wildman–Crippen LogP) is 1.95. The number of rotatable bonds is 5. The molecule has 0 saturated carbocycles. The normalized spacial score (nSPS) is 16.4. The van der Waals surface area contributed by atoms with Crippen LogP contribution in [0.15, 0.2) is 23.4 Å². The third-order valence-corrected chi connectivity index (χ3v) is 4.07. The van der Waals surface area contributed by atoms with E-state index in [2.05, 4.69) is 0 Å². The van der Waals surface area contributed by atoms with Crippen LogP contribution >= 0.6 is 0 Å². The smallest absolute Gasteiger partial charge is 0.354 e. The van der Waals surface area contributed by atoms with E-state index in [1.165, 1.54) is 11.5 Å². The predicted molar refractivity (Wildman–Crippen MR) is 85.3 cm³/mol. The van der Waals surface area contributed by atoms with Crippen molar-refractivity contribution in [2.24, 2.45) is 7.05 Å². The molecular weight excluding hydrogens is 296 g/mol. The maximum Gasteiger partial charge on any atom is 0.354 e. The molecule has 1 aromatic heterocycles. The average Bonchev–Trinajstić information content (AvgIpc) is 3.06. The molecule has 0 N–H and O–H groups in total. The maximum absolute atomic E-state index is 12.9. The van der Waals surface area contributed by atoms with Crippen molar-refractivity contribution in [2.75, 3.05) is 20.2 Å². The molecule has 2 heterocycles. The first-order valence-corrected chi connectivity index (χ1v) is 7.71. The van der Waals surface area contributed by atoms with Gasteiger partial charge in [0.25, 0.3) is 0 Å². The van der Waals surface area contributed by atoms with Gasteiger partial charge < -0.3 is 14.2 Å². The van der Waals surface area contributed by atoms with Crippen LogP contribution < -0.4 is 0 Å². The van der Waals surface area contributed by atoms with Gasteiger partial charge in [-0.1, -0.05) is 0 Å². The quantitative estimate of drug-likeness (QED) is 0.273. The van der Waals surface area contributed by atoms with Crippen molar-refractivity contribution in [3.8, 4) is 0 Å². The number of aromatic nitrogens is 1. The molecule has 1 aliphatic heterocycles. The Morgan fingerprint density at radius 3 is 2.35 bits per heavy atom. The molecule has 0 amide bonds. The fourth-order valence-electron chi connectivity index (χ4n) is 2.90. The topological polar surface area (TPSA) is 68.6 Å². The summed E-state index contributed by atoms with van der Waals surface area (Å²) in [7, 11) is 3.51. The summed E-state index contributed by atoms with van der Waals surface area (Å²) in [5.41, 5.74) is 1.59. The zero-order chi connectivity index (χ0) is 17.1. The van der Waals surface area contributed by atoms with Crippen LogP contribution in [0.25, 0.3) is 0 Å². The fraction of sp³-hybridized carbons (Fsp3) is 0.471. The average molecular weight is 318 g/mol. The first-order chi connectivity index (χ1) is 10.9. The van der Waals surface area contributed by atoms with Gasteiger partial charge in [-0.05, 0) is 38.8 Å². The van der Waals surface area contributed by atoms with Crippen LogP contribution in [0, 0.1) is 0 Å². The highest BCUT2D eigenvalue weighted by molar-refractivity contribution is 6.25. The number of esters is 1. The first-order valence-electron chi connectivity index (χ1n) is 7.71. The lowest BCUT2D eigenvalue weighted by Crippen LogP contribution is -2.22. The number of carbonyl (C=O) groups excluding carboxylic acids is 3. The largest absolute Gasteiger partial charge is 0.461 e. The SMILES string of the molecule is CCOC(=O)c1ccc(C(=O)C(C(C)=O)=C2CCCN2C)n1C. The summed E-state index contributed by atoms with van der Waals surface area (Å²) in [6.07, 6.45) is 1.64. The Kier molecular flexibility index (Phi) is 5.03. The van der Waals surface area contributed by atoms with Crippen molar-refractivity contribution >= 4 is 17.5 Å². The summed E-state index contributed by atoms with van der Waals surface area (Å²) in [5, 5.41) is 0. The lowest BCUT2D eigenvalue weighted by Gasteiger charge is -2.17. The number of ether oxygens (including phenoxy) is 1. The molecule has 0 spiro atoms. The van der Waals surface area contributed by atoms with Gasteiger partial charge in [-0.15, -0.1) is 0 Å². The zero-order valence-electron chi connectivity index (χ0n) is 14.0. The van der Waals surface area contributed by atoms with Gasteiger partial charge in [0, 0.05) is 26.3 Å². The molecule has 1 fully saturated rings. The van der Waals surface area contributed by atoms with Crippen LogP contribution in [0.2, 0.25) is 0 Å². The van der Waals surface area contributed by atoms with Crippen LogP contribution in [-0.4, -0.2) is 47.2 Å². The van der Waals surface area contributed by atoms with Crippen molar-refractivity contribution in [3.05, 3.63) is 34.8 Å². The van der Waals surface area contributed by atoms with Gasteiger partial charge in [-0.2, -0.15) is 0 Å². The molecule has 2 rings (SSSR count). The van der Waals surface area contributed by atoms with Crippen LogP contribution in [0.5, 0.6) is 0 Å². The van der Waals surface area contributed by atoms with E-state index in [1.807, 2.05) is 11.9 Å². The number of ketones is 2. The van der Waals surface area contributed by atoms with Crippen molar-refractivity contribution in [2.45, 2.75) is 26.7 Å². The number of carbonyl (C=O) groups is 3. The van der Waals surface area contributed by atoms with Gasteiger partial charge >= 0.3 is 5.97 Å². The molecule has 0 radical (unpaired) electrons. The van der Waals surface area contributed by atoms with Gasteiger partial charge in [0.1, 0.15) is 5.69 Å². The van der Waals surface area contributed by atoms with Gasteiger partial charge in [0.15, 0.2) is 5.78 Å². The Hall–Kier alpha value is -2.37. The molecule has 1 aliphatic rings. The summed E-state index contributed by atoms with van der Waals surface area (Å²) in [4.78, 5) is 38.7. The first kappa shape index (κ1) is 17.0. The monoisotopic (exact) mass is 318 g/mol. The fourth-order valence-corrected chi connectivity index (χ4v) is 2.90. The minimum atomic E-state index is -0.482. The Morgan fingerprint density at radius 2 is 1.83 bits per heavy atom. The molecule has 0 atom stereocenters. The minimum Gasteiger partial charge on any atom is -0.461 e. The zero-order valence-corrected chi connectivity index (χ0v) is 14.0. The molecule has 1 aromatic rings. The lowest BCUT2D eigenvalue weighted by molar-refractivity contribution is -0.113. The third-order valence-electron chi connectivity index (χ3n) is 4.07. The number of likely N-dealkylation sites (tertiary alicyclic amines) is 1. The second-order valence-electron chi connectivity index (χ2n) is 5.62. The number of Topliss-reactive ketones (excluding diaryl/α,β-unsaturated/α-hetero) is 2. The Morgan fingerprint density at radius 1 is 1.17 bits per heavy atom. The highest BCUT2D eigenvalue weighted by atomic mass is 16.5. The van der Waals surface area contributed by atoms with Gasteiger partial charge in [-0.3, -0.25) is 9.59 Å². The molecule has 6 heteroatoms. The maximum atomic E-state index is 12.9.